The largest absolute Gasteiger partial charge is 0.479 e. The molecule has 2 N–H and O–H groups in total. The first-order valence-electron chi connectivity index (χ1n) is 6.96. The number of carboxylic acids is 1. The van der Waals surface area contributed by atoms with Gasteiger partial charge in [0.2, 0.25) is 0 Å². The number of nitrogens with one attached hydrogen (secondary N) is 1. The van der Waals surface area contributed by atoms with Crippen LogP contribution in [-0.4, -0.2) is 32.1 Å². The lowest BCUT2D eigenvalue weighted by Gasteiger charge is -2.13. The van der Waals surface area contributed by atoms with Crippen molar-refractivity contribution in [2.45, 2.75) is 6.04 Å². The van der Waals surface area contributed by atoms with Gasteiger partial charge in [-0.1, -0.05) is 11.2 Å². The Hall–Kier alpha value is -3.55. The molecule has 3 aromatic heterocycles. The van der Waals surface area contributed by atoms with E-state index in [-0.39, 0.29) is 5.69 Å². The van der Waals surface area contributed by atoms with Crippen LogP contribution in [0.5, 0.6) is 0 Å². The quantitative estimate of drug-likeness (QED) is 0.733. The Bertz CT molecular complexity index is 849. The topological polar surface area (TPSA) is 118 Å². The summed E-state index contributed by atoms with van der Waals surface area (Å²) in [5.74, 6) is -1.50. The fourth-order valence-electron chi connectivity index (χ4n) is 2.07. The molecular weight excluding hydrogens is 312 g/mol. The average Bonchev–Trinajstić information content (AvgIpc) is 3.11. The summed E-state index contributed by atoms with van der Waals surface area (Å²) < 4.78 is 5.11. The van der Waals surface area contributed by atoms with Gasteiger partial charge in [0.1, 0.15) is 0 Å². The zero-order valence-electron chi connectivity index (χ0n) is 12.3. The van der Waals surface area contributed by atoms with Gasteiger partial charge in [-0.05, 0) is 18.2 Å². The molecule has 0 saturated carbocycles. The van der Waals surface area contributed by atoms with Crippen LogP contribution in [0.15, 0.2) is 59.6 Å². The van der Waals surface area contributed by atoms with Crippen molar-refractivity contribution in [1.82, 2.24) is 20.4 Å². The third-order valence-corrected chi connectivity index (χ3v) is 3.23. The van der Waals surface area contributed by atoms with Gasteiger partial charge in [0.15, 0.2) is 17.5 Å². The molecule has 8 nitrogen and oxygen atoms in total. The maximum atomic E-state index is 12.2. The van der Waals surface area contributed by atoms with E-state index >= 15 is 0 Å². The maximum Gasteiger partial charge on any atom is 0.330 e. The molecule has 3 rings (SSSR count). The number of hydrogen-bond acceptors (Lipinski definition) is 6. The van der Waals surface area contributed by atoms with Crippen molar-refractivity contribution in [3.05, 3.63) is 66.4 Å². The second-order valence-electron chi connectivity index (χ2n) is 4.85. The van der Waals surface area contributed by atoms with E-state index in [1.54, 1.807) is 36.7 Å². The predicted octanol–water partition coefficient (Wildman–Crippen LogP) is 1.69. The number of aromatic nitrogens is 3. The molecule has 0 saturated heterocycles. The molecule has 0 aliphatic rings. The van der Waals surface area contributed by atoms with Crippen LogP contribution in [0, 0.1) is 0 Å². The molecule has 0 fully saturated rings. The molecule has 1 amide bonds. The summed E-state index contributed by atoms with van der Waals surface area (Å²) in [6.45, 7) is 0. The van der Waals surface area contributed by atoms with E-state index in [2.05, 4.69) is 20.4 Å². The van der Waals surface area contributed by atoms with Crippen molar-refractivity contribution in [3.8, 4) is 11.3 Å². The number of amides is 1. The summed E-state index contributed by atoms with van der Waals surface area (Å²) in [7, 11) is 0. The van der Waals surface area contributed by atoms with Crippen molar-refractivity contribution >= 4 is 11.9 Å². The van der Waals surface area contributed by atoms with Crippen LogP contribution in [0.3, 0.4) is 0 Å². The third-order valence-electron chi connectivity index (χ3n) is 3.23. The number of carbonyl (C=O) groups is 2. The maximum absolute atomic E-state index is 12.2. The standard InChI is InChI=1S/C16H12N4O4/c21-15(19-14(16(22)23)11-4-2-6-18-9-11)12-7-13(24-20-12)10-3-1-5-17-8-10/h1-9,14H,(H,19,21)(H,22,23). The lowest BCUT2D eigenvalue weighted by molar-refractivity contribution is -0.139. The first kappa shape index (κ1) is 15.3. The van der Waals surface area contributed by atoms with Crippen molar-refractivity contribution in [3.63, 3.8) is 0 Å². The minimum atomic E-state index is -1.23. The summed E-state index contributed by atoms with van der Waals surface area (Å²) in [4.78, 5) is 31.5. The second kappa shape index (κ2) is 6.69. The number of nitrogens with zero attached hydrogens (tertiary/aromatic N) is 3. The molecule has 0 bridgehead atoms. The summed E-state index contributed by atoms with van der Waals surface area (Å²) >= 11 is 0. The summed E-state index contributed by atoms with van der Waals surface area (Å²) in [5.41, 5.74) is 0.990. The Kier molecular flexibility index (Phi) is 4.28. The molecule has 120 valence electrons. The fraction of sp³-hybridized carbons (Fsp3) is 0.0625. The van der Waals surface area contributed by atoms with Crippen molar-refractivity contribution in [2.75, 3.05) is 0 Å². The number of carboxylic acid groups (broad SMARTS) is 1. The molecule has 0 aliphatic heterocycles. The molecule has 0 aromatic carbocycles. The Morgan fingerprint density at radius 3 is 2.50 bits per heavy atom. The lowest BCUT2D eigenvalue weighted by Crippen LogP contribution is -2.34. The molecule has 0 radical (unpaired) electrons. The predicted molar refractivity (Wildman–Crippen MR) is 81.8 cm³/mol. The molecule has 0 spiro atoms. The molecule has 24 heavy (non-hydrogen) atoms. The fourth-order valence-corrected chi connectivity index (χ4v) is 2.07. The highest BCUT2D eigenvalue weighted by atomic mass is 16.5. The van der Waals surface area contributed by atoms with Gasteiger partial charge in [-0.3, -0.25) is 14.8 Å². The minimum absolute atomic E-state index is 0.0241. The molecule has 0 aliphatic carbocycles. The van der Waals surface area contributed by atoms with Gasteiger partial charge in [0, 0.05) is 42.0 Å². The zero-order valence-corrected chi connectivity index (χ0v) is 12.3. The van der Waals surface area contributed by atoms with E-state index in [0.717, 1.165) is 0 Å². The van der Waals surface area contributed by atoms with E-state index in [9.17, 15) is 14.7 Å². The van der Waals surface area contributed by atoms with E-state index < -0.39 is 17.9 Å². The summed E-state index contributed by atoms with van der Waals surface area (Å²) in [6, 6.07) is 6.83. The number of pyridine rings is 2. The highest BCUT2D eigenvalue weighted by Gasteiger charge is 2.24. The van der Waals surface area contributed by atoms with Gasteiger partial charge >= 0.3 is 5.97 Å². The van der Waals surface area contributed by atoms with E-state index in [1.807, 2.05) is 0 Å². The van der Waals surface area contributed by atoms with Gasteiger partial charge in [-0.25, -0.2) is 4.79 Å². The van der Waals surface area contributed by atoms with E-state index in [4.69, 9.17) is 4.52 Å². The van der Waals surface area contributed by atoms with Crippen LogP contribution >= 0.6 is 0 Å². The zero-order chi connectivity index (χ0) is 16.9. The molecule has 3 heterocycles. The van der Waals surface area contributed by atoms with Crippen molar-refractivity contribution in [2.24, 2.45) is 0 Å². The van der Waals surface area contributed by atoms with E-state index in [1.165, 1.54) is 18.5 Å². The first-order chi connectivity index (χ1) is 11.6. The second-order valence-corrected chi connectivity index (χ2v) is 4.85. The summed E-state index contributed by atoms with van der Waals surface area (Å²) in [6.07, 6.45) is 6.07. The Morgan fingerprint density at radius 1 is 1.12 bits per heavy atom. The molecular formula is C16H12N4O4. The number of rotatable bonds is 5. The van der Waals surface area contributed by atoms with Crippen LogP contribution in [0.25, 0.3) is 11.3 Å². The summed E-state index contributed by atoms with van der Waals surface area (Å²) in [5, 5.41) is 15.4. The lowest BCUT2D eigenvalue weighted by atomic mass is 10.1. The SMILES string of the molecule is O=C(NC(C(=O)O)c1cccnc1)c1cc(-c2cccnc2)on1. The van der Waals surface area contributed by atoms with Gasteiger partial charge in [-0.15, -0.1) is 0 Å². The van der Waals surface area contributed by atoms with Crippen LogP contribution < -0.4 is 5.32 Å². The molecule has 8 heteroatoms. The van der Waals surface area contributed by atoms with Crippen molar-refractivity contribution < 1.29 is 19.2 Å². The van der Waals surface area contributed by atoms with Gasteiger partial charge in [-0.2, -0.15) is 0 Å². The number of aliphatic carboxylic acids is 1. The van der Waals surface area contributed by atoms with Gasteiger partial charge < -0.3 is 14.9 Å². The van der Waals surface area contributed by atoms with Crippen LogP contribution in [0.2, 0.25) is 0 Å². The number of hydrogen-bond donors (Lipinski definition) is 2. The first-order valence-corrected chi connectivity index (χ1v) is 6.96. The normalized spacial score (nSPS) is 11.7. The Balaban J connectivity index is 1.79. The molecule has 1 unspecified atom stereocenters. The third kappa shape index (κ3) is 3.27. The molecule has 1 atom stereocenters. The van der Waals surface area contributed by atoms with Crippen LogP contribution in [-0.2, 0) is 4.79 Å². The molecule has 3 aromatic rings. The van der Waals surface area contributed by atoms with Crippen molar-refractivity contribution in [1.29, 1.82) is 0 Å². The monoisotopic (exact) mass is 324 g/mol. The Labute approximate surface area is 136 Å². The Morgan fingerprint density at radius 2 is 1.88 bits per heavy atom. The van der Waals surface area contributed by atoms with Gasteiger partial charge in [0.05, 0.1) is 0 Å². The number of carbonyl (C=O) groups excluding carboxylic acids is 1. The van der Waals surface area contributed by atoms with E-state index in [0.29, 0.717) is 16.9 Å². The highest BCUT2D eigenvalue weighted by Crippen LogP contribution is 2.19. The minimum Gasteiger partial charge on any atom is -0.479 e. The highest BCUT2D eigenvalue weighted by molar-refractivity contribution is 5.95. The van der Waals surface area contributed by atoms with Crippen LogP contribution in [0.1, 0.15) is 22.1 Å². The van der Waals surface area contributed by atoms with Crippen LogP contribution in [0.4, 0.5) is 0 Å². The average molecular weight is 324 g/mol. The smallest absolute Gasteiger partial charge is 0.330 e. The van der Waals surface area contributed by atoms with Gasteiger partial charge in [0.25, 0.3) is 5.91 Å².